The molecular weight excluding hydrogens is 224 g/mol. The number of aryl methyl sites for hydroxylation is 1. The van der Waals surface area contributed by atoms with E-state index in [9.17, 15) is 0 Å². The number of aromatic amines is 1. The molecule has 2 rings (SSSR count). The van der Waals surface area contributed by atoms with Crippen LogP contribution in [-0.2, 0) is 6.54 Å². The highest BCUT2D eigenvalue weighted by Crippen LogP contribution is 2.20. The number of imidazole rings is 1. The van der Waals surface area contributed by atoms with Gasteiger partial charge in [-0.25, -0.2) is 4.98 Å². The van der Waals surface area contributed by atoms with Crippen molar-refractivity contribution < 1.29 is 0 Å². The first kappa shape index (κ1) is 13.6. The molecule has 0 saturated carbocycles. The molecule has 0 atom stereocenters. The van der Waals surface area contributed by atoms with E-state index in [4.69, 9.17) is 0 Å². The summed E-state index contributed by atoms with van der Waals surface area (Å²) in [5, 5.41) is 3.63. The molecule has 0 aliphatic carbocycles. The minimum atomic E-state index is 0.309. The van der Waals surface area contributed by atoms with Gasteiger partial charge in [-0.05, 0) is 40.5 Å². The molecule has 1 aliphatic rings. The number of nitrogens with zero attached hydrogens (tertiary/aromatic N) is 2. The third-order valence-corrected chi connectivity index (χ3v) is 3.94. The van der Waals surface area contributed by atoms with Gasteiger partial charge in [-0.15, -0.1) is 0 Å². The lowest BCUT2D eigenvalue weighted by molar-refractivity contribution is 0.0959. The third kappa shape index (κ3) is 3.33. The lowest BCUT2D eigenvalue weighted by Gasteiger charge is -2.41. The zero-order valence-electron chi connectivity index (χ0n) is 12.1. The van der Waals surface area contributed by atoms with Crippen LogP contribution < -0.4 is 5.32 Å². The number of aromatic nitrogens is 2. The number of piperidine rings is 1. The molecule has 18 heavy (non-hydrogen) atoms. The molecule has 4 heteroatoms. The molecule has 2 heterocycles. The Balaban J connectivity index is 1.76. The molecule has 0 bridgehead atoms. The minimum absolute atomic E-state index is 0.309. The number of rotatable bonds is 3. The van der Waals surface area contributed by atoms with E-state index < -0.39 is 0 Å². The van der Waals surface area contributed by atoms with Crippen molar-refractivity contribution in [2.24, 2.45) is 0 Å². The second-order valence-corrected chi connectivity index (χ2v) is 6.29. The van der Waals surface area contributed by atoms with Gasteiger partial charge in [0.15, 0.2) is 0 Å². The molecule has 1 aromatic heterocycles. The Kier molecular flexibility index (Phi) is 4.07. The molecular formula is C14H26N4. The maximum absolute atomic E-state index is 4.33. The van der Waals surface area contributed by atoms with Crippen molar-refractivity contribution in [1.82, 2.24) is 20.2 Å². The van der Waals surface area contributed by atoms with Gasteiger partial charge in [-0.1, -0.05) is 0 Å². The molecule has 2 N–H and O–H groups in total. The SMILES string of the molecule is Cc1[nH]cnc1CNC1CCN(C(C)(C)C)CC1. The number of likely N-dealkylation sites (tertiary alicyclic amines) is 1. The summed E-state index contributed by atoms with van der Waals surface area (Å²) in [5.74, 6) is 0. The van der Waals surface area contributed by atoms with Crippen molar-refractivity contribution in [2.75, 3.05) is 13.1 Å². The van der Waals surface area contributed by atoms with Crippen LogP contribution in [0.2, 0.25) is 0 Å². The van der Waals surface area contributed by atoms with Crippen molar-refractivity contribution in [3.8, 4) is 0 Å². The van der Waals surface area contributed by atoms with Gasteiger partial charge in [0.25, 0.3) is 0 Å². The summed E-state index contributed by atoms with van der Waals surface area (Å²) in [6.07, 6.45) is 4.25. The molecule has 0 amide bonds. The summed E-state index contributed by atoms with van der Waals surface area (Å²) in [5.41, 5.74) is 2.63. The van der Waals surface area contributed by atoms with Crippen LogP contribution in [0.3, 0.4) is 0 Å². The largest absolute Gasteiger partial charge is 0.348 e. The van der Waals surface area contributed by atoms with E-state index in [2.05, 4.69) is 47.9 Å². The second-order valence-electron chi connectivity index (χ2n) is 6.29. The van der Waals surface area contributed by atoms with E-state index in [-0.39, 0.29) is 0 Å². The maximum Gasteiger partial charge on any atom is 0.0925 e. The predicted molar refractivity (Wildman–Crippen MR) is 74.5 cm³/mol. The summed E-state index contributed by atoms with van der Waals surface area (Å²) in [6.45, 7) is 12.2. The van der Waals surface area contributed by atoms with Gasteiger partial charge in [0.1, 0.15) is 0 Å². The highest BCUT2D eigenvalue weighted by molar-refractivity contribution is 5.08. The van der Waals surface area contributed by atoms with Gasteiger partial charge in [-0.3, -0.25) is 4.90 Å². The van der Waals surface area contributed by atoms with Crippen LogP contribution in [0.5, 0.6) is 0 Å². The quantitative estimate of drug-likeness (QED) is 0.863. The topological polar surface area (TPSA) is 44.0 Å². The Morgan fingerprint density at radius 1 is 1.39 bits per heavy atom. The minimum Gasteiger partial charge on any atom is -0.348 e. The third-order valence-electron chi connectivity index (χ3n) is 3.94. The number of hydrogen-bond acceptors (Lipinski definition) is 3. The van der Waals surface area contributed by atoms with Crippen LogP contribution in [0.4, 0.5) is 0 Å². The van der Waals surface area contributed by atoms with E-state index >= 15 is 0 Å². The number of nitrogens with one attached hydrogen (secondary N) is 2. The van der Waals surface area contributed by atoms with Crippen molar-refractivity contribution in [2.45, 2.75) is 58.7 Å². The molecule has 102 valence electrons. The Labute approximate surface area is 110 Å². The van der Waals surface area contributed by atoms with E-state index in [1.54, 1.807) is 6.33 Å². The summed E-state index contributed by atoms with van der Waals surface area (Å²) in [7, 11) is 0. The first-order valence-electron chi connectivity index (χ1n) is 6.94. The van der Waals surface area contributed by atoms with Crippen molar-refractivity contribution in [3.63, 3.8) is 0 Å². The Bertz CT molecular complexity index is 369. The molecule has 1 aromatic rings. The molecule has 1 fully saturated rings. The van der Waals surface area contributed by atoms with Crippen molar-refractivity contribution >= 4 is 0 Å². The summed E-state index contributed by atoms with van der Waals surface area (Å²) in [4.78, 5) is 10.0. The van der Waals surface area contributed by atoms with Crippen LogP contribution in [0.25, 0.3) is 0 Å². The van der Waals surface area contributed by atoms with Gasteiger partial charge in [0.2, 0.25) is 0 Å². The molecule has 0 unspecified atom stereocenters. The van der Waals surface area contributed by atoms with Gasteiger partial charge in [0.05, 0.1) is 12.0 Å². The summed E-state index contributed by atoms with van der Waals surface area (Å²) in [6, 6.07) is 0.639. The molecule has 0 aromatic carbocycles. The Morgan fingerprint density at radius 3 is 2.56 bits per heavy atom. The average molecular weight is 250 g/mol. The van der Waals surface area contributed by atoms with E-state index in [1.807, 2.05) is 0 Å². The second kappa shape index (κ2) is 5.41. The first-order chi connectivity index (χ1) is 8.47. The standard InChI is InChI=1S/C14H26N4/c1-11-13(17-10-16-11)9-15-12-5-7-18(8-6-12)14(2,3)4/h10,12,15H,5-9H2,1-4H3,(H,16,17). The molecule has 1 aliphatic heterocycles. The van der Waals surface area contributed by atoms with Crippen LogP contribution in [0.1, 0.15) is 45.0 Å². The summed E-state index contributed by atoms with van der Waals surface area (Å²) >= 11 is 0. The van der Waals surface area contributed by atoms with Gasteiger partial charge >= 0.3 is 0 Å². The smallest absolute Gasteiger partial charge is 0.0925 e. The fraction of sp³-hybridized carbons (Fsp3) is 0.786. The highest BCUT2D eigenvalue weighted by atomic mass is 15.2. The fourth-order valence-electron chi connectivity index (χ4n) is 2.56. The fourth-order valence-corrected chi connectivity index (χ4v) is 2.56. The lowest BCUT2D eigenvalue weighted by Crippen LogP contribution is -2.49. The zero-order chi connectivity index (χ0) is 13.2. The normalized spacial score (nSPS) is 19.3. The predicted octanol–water partition coefficient (Wildman–Crippen LogP) is 2.07. The first-order valence-corrected chi connectivity index (χ1v) is 6.94. The number of hydrogen-bond donors (Lipinski definition) is 2. The zero-order valence-corrected chi connectivity index (χ0v) is 12.1. The highest BCUT2D eigenvalue weighted by Gasteiger charge is 2.26. The van der Waals surface area contributed by atoms with E-state index in [0.29, 0.717) is 11.6 Å². The molecule has 1 saturated heterocycles. The number of H-pyrrole nitrogens is 1. The maximum atomic E-state index is 4.33. The van der Waals surface area contributed by atoms with Gasteiger partial charge < -0.3 is 10.3 Å². The average Bonchev–Trinajstić information content (AvgIpc) is 2.72. The molecule has 0 radical (unpaired) electrons. The molecule has 4 nitrogen and oxygen atoms in total. The summed E-state index contributed by atoms with van der Waals surface area (Å²) < 4.78 is 0. The van der Waals surface area contributed by atoms with Crippen LogP contribution >= 0.6 is 0 Å². The van der Waals surface area contributed by atoms with Gasteiger partial charge in [0, 0.05) is 36.9 Å². The van der Waals surface area contributed by atoms with Crippen molar-refractivity contribution in [1.29, 1.82) is 0 Å². The Hall–Kier alpha value is -0.870. The lowest BCUT2D eigenvalue weighted by atomic mass is 9.98. The van der Waals surface area contributed by atoms with Crippen molar-refractivity contribution in [3.05, 3.63) is 17.7 Å². The van der Waals surface area contributed by atoms with Crippen LogP contribution in [0.15, 0.2) is 6.33 Å². The molecule has 0 spiro atoms. The van der Waals surface area contributed by atoms with Crippen LogP contribution in [-0.4, -0.2) is 39.5 Å². The van der Waals surface area contributed by atoms with Gasteiger partial charge in [-0.2, -0.15) is 0 Å². The van der Waals surface area contributed by atoms with E-state index in [1.165, 1.54) is 31.6 Å². The Morgan fingerprint density at radius 2 is 2.06 bits per heavy atom. The van der Waals surface area contributed by atoms with Crippen LogP contribution in [0, 0.1) is 6.92 Å². The van der Waals surface area contributed by atoms with E-state index in [0.717, 1.165) is 12.2 Å². The monoisotopic (exact) mass is 250 g/mol.